The van der Waals surface area contributed by atoms with E-state index in [0.29, 0.717) is 11.1 Å². The Morgan fingerprint density at radius 2 is 1.79 bits per heavy atom. The predicted molar refractivity (Wildman–Crippen MR) is 105 cm³/mol. The number of benzene rings is 2. The van der Waals surface area contributed by atoms with Crippen molar-refractivity contribution >= 4 is 33.5 Å². The summed E-state index contributed by atoms with van der Waals surface area (Å²) in [5, 5.41) is 0.269. The van der Waals surface area contributed by atoms with Crippen molar-refractivity contribution in [1.29, 1.82) is 0 Å². The van der Waals surface area contributed by atoms with Crippen molar-refractivity contribution in [2.24, 2.45) is 11.7 Å². The molecule has 0 saturated carbocycles. The fourth-order valence-electron chi connectivity index (χ4n) is 2.34. The van der Waals surface area contributed by atoms with Crippen LogP contribution < -0.4 is 10.5 Å². The van der Waals surface area contributed by atoms with Crippen molar-refractivity contribution < 1.29 is 22.7 Å². The van der Waals surface area contributed by atoms with Gasteiger partial charge in [0.2, 0.25) is 15.9 Å². The van der Waals surface area contributed by atoms with Crippen molar-refractivity contribution in [2.75, 3.05) is 0 Å². The molecular weight excluding hydrogens is 404 g/mol. The SMILES string of the molecule is CC(C)[C@H](NS(=O)(=O)c1cccc(Cl)c1)C(=O)OCc1ccc(C(N)=O)cc1. The number of rotatable bonds is 8. The van der Waals surface area contributed by atoms with Crippen molar-refractivity contribution in [3.63, 3.8) is 0 Å². The zero-order valence-corrected chi connectivity index (χ0v) is 17.0. The highest BCUT2D eigenvalue weighted by atomic mass is 35.5. The van der Waals surface area contributed by atoms with Gasteiger partial charge in [-0.15, -0.1) is 0 Å². The van der Waals surface area contributed by atoms with E-state index < -0.39 is 27.9 Å². The molecule has 0 aliphatic rings. The van der Waals surface area contributed by atoms with Gasteiger partial charge in [0.15, 0.2) is 0 Å². The Balaban J connectivity index is 2.08. The fourth-order valence-corrected chi connectivity index (χ4v) is 3.97. The van der Waals surface area contributed by atoms with Crippen LogP contribution in [0.2, 0.25) is 5.02 Å². The fraction of sp³-hybridized carbons (Fsp3) is 0.263. The molecule has 0 aromatic heterocycles. The first-order chi connectivity index (χ1) is 13.1. The summed E-state index contributed by atoms with van der Waals surface area (Å²) < 4.78 is 32.7. The van der Waals surface area contributed by atoms with Crippen molar-refractivity contribution in [3.8, 4) is 0 Å². The highest BCUT2D eigenvalue weighted by Gasteiger charge is 2.29. The Morgan fingerprint density at radius 1 is 1.14 bits per heavy atom. The number of hydrogen-bond acceptors (Lipinski definition) is 5. The van der Waals surface area contributed by atoms with Gasteiger partial charge < -0.3 is 10.5 Å². The van der Waals surface area contributed by atoms with Crippen LogP contribution in [0.1, 0.15) is 29.8 Å². The molecule has 150 valence electrons. The lowest BCUT2D eigenvalue weighted by Gasteiger charge is -2.21. The second-order valence-corrected chi connectivity index (χ2v) is 8.62. The second-order valence-electron chi connectivity index (χ2n) is 6.47. The average molecular weight is 425 g/mol. The van der Waals surface area contributed by atoms with Gasteiger partial charge in [0.05, 0.1) is 4.90 Å². The summed E-state index contributed by atoms with van der Waals surface area (Å²) in [5.74, 6) is -1.61. The Hall–Kier alpha value is -2.42. The molecule has 2 aromatic carbocycles. The number of carbonyl (C=O) groups is 2. The van der Waals surface area contributed by atoms with Gasteiger partial charge in [-0.1, -0.05) is 43.6 Å². The molecule has 7 nitrogen and oxygen atoms in total. The molecule has 2 rings (SSSR count). The van der Waals surface area contributed by atoms with E-state index in [4.69, 9.17) is 22.1 Å². The summed E-state index contributed by atoms with van der Waals surface area (Å²) in [6.45, 7) is 3.34. The number of sulfonamides is 1. The van der Waals surface area contributed by atoms with E-state index in [1.165, 1.54) is 30.3 Å². The average Bonchev–Trinajstić information content (AvgIpc) is 2.64. The first-order valence-electron chi connectivity index (χ1n) is 8.43. The van der Waals surface area contributed by atoms with E-state index in [-0.39, 0.29) is 22.4 Å². The Bertz CT molecular complexity index is 959. The lowest BCUT2D eigenvalue weighted by atomic mass is 10.1. The minimum Gasteiger partial charge on any atom is -0.460 e. The Kier molecular flexibility index (Phi) is 7.17. The summed E-state index contributed by atoms with van der Waals surface area (Å²) in [4.78, 5) is 23.5. The number of hydrogen-bond donors (Lipinski definition) is 2. The topological polar surface area (TPSA) is 116 Å². The first kappa shape index (κ1) is 21.9. The van der Waals surface area contributed by atoms with Crippen LogP contribution in [0.15, 0.2) is 53.4 Å². The molecule has 0 aliphatic carbocycles. The molecule has 0 spiro atoms. The molecule has 3 N–H and O–H groups in total. The molecule has 0 bridgehead atoms. The molecule has 1 atom stereocenters. The number of esters is 1. The van der Waals surface area contributed by atoms with Crippen LogP contribution in [-0.2, 0) is 26.2 Å². The van der Waals surface area contributed by atoms with E-state index in [2.05, 4.69) is 4.72 Å². The molecular formula is C19H21ClN2O5S. The van der Waals surface area contributed by atoms with Crippen LogP contribution in [-0.4, -0.2) is 26.3 Å². The van der Waals surface area contributed by atoms with Crippen LogP contribution >= 0.6 is 11.6 Å². The Morgan fingerprint density at radius 3 is 2.32 bits per heavy atom. The molecule has 0 radical (unpaired) electrons. The van der Waals surface area contributed by atoms with Gasteiger partial charge in [-0.05, 0) is 41.8 Å². The van der Waals surface area contributed by atoms with Gasteiger partial charge in [-0.2, -0.15) is 4.72 Å². The van der Waals surface area contributed by atoms with Crippen LogP contribution in [0.25, 0.3) is 0 Å². The van der Waals surface area contributed by atoms with Gasteiger partial charge >= 0.3 is 5.97 Å². The van der Waals surface area contributed by atoms with E-state index in [1.807, 2.05) is 0 Å². The van der Waals surface area contributed by atoms with Crippen molar-refractivity contribution in [1.82, 2.24) is 4.72 Å². The monoisotopic (exact) mass is 424 g/mol. The van der Waals surface area contributed by atoms with E-state index in [0.717, 1.165) is 0 Å². The third-order valence-corrected chi connectivity index (χ3v) is 5.60. The van der Waals surface area contributed by atoms with Crippen molar-refractivity contribution in [2.45, 2.75) is 31.4 Å². The number of nitrogens with one attached hydrogen (secondary N) is 1. The zero-order valence-electron chi connectivity index (χ0n) is 15.4. The quantitative estimate of drug-likeness (QED) is 0.631. The molecule has 28 heavy (non-hydrogen) atoms. The maximum Gasteiger partial charge on any atom is 0.324 e. The first-order valence-corrected chi connectivity index (χ1v) is 10.3. The molecule has 0 unspecified atom stereocenters. The number of nitrogens with two attached hydrogens (primary N) is 1. The van der Waals surface area contributed by atoms with Crippen LogP contribution in [0.5, 0.6) is 0 Å². The summed E-state index contributed by atoms with van der Waals surface area (Å²) in [5.41, 5.74) is 6.15. The van der Waals surface area contributed by atoms with Crippen LogP contribution in [0, 0.1) is 5.92 Å². The predicted octanol–water partition coefficient (Wildman–Crippen LogP) is 2.49. The third-order valence-electron chi connectivity index (χ3n) is 3.93. The number of halogens is 1. The maximum atomic E-state index is 12.6. The normalized spacial score (nSPS) is 12.6. The van der Waals surface area contributed by atoms with E-state index >= 15 is 0 Å². The van der Waals surface area contributed by atoms with Gasteiger partial charge in [0, 0.05) is 10.6 Å². The molecule has 2 aromatic rings. The molecule has 1 amide bonds. The Labute approximate surface area is 168 Å². The number of primary amides is 1. The number of ether oxygens (including phenoxy) is 1. The summed E-state index contributed by atoms with van der Waals surface area (Å²) in [6.07, 6.45) is 0. The summed E-state index contributed by atoms with van der Waals surface area (Å²) in [7, 11) is -3.96. The summed E-state index contributed by atoms with van der Waals surface area (Å²) in [6, 6.07) is 10.9. The molecule has 0 aliphatic heterocycles. The van der Waals surface area contributed by atoms with Gasteiger partial charge in [-0.25, -0.2) is 8.42 Å². The van der Waals surface area contributed by atoms with Gasteiger partial charge in [0.25, 0.3) is 0 Å². The molecule has 0 fully saturated rings. The molecule has 9 heteroatoms. The van der Waals surface area contributed by atoms with Gasteiger partial charge in [-0.3, -0.25) is 9.59 Å². The molecule has 0 heterocycles. The lowest BCUT2D eigenvalue weighted by Crippen LogP contribution is -2.45. The van der Waals surface area contributed by atoms with Gasteiger partial charge in [0.1, 0.15) is 12.6 Å². The smallest absolute Gasteiger partial charge is 0.324 e. The molecule has 0 saturated heterocycles. The van der Waals surface area contributed by atoms with Crippen LogP contribution in [0.3, 0.4) is 0 Å². The van der Waals surface area contributed by atoms with Crippen LogP contribution in [0.4, 0.5) is 0 Å². The standard InChI is InChI=1S/C19H21ClN2O5S/c1-12(2)17(22-28(25,26)16-5-3-4-15(20)10-16)19(24)27-11-13-6-8-14(9-7-13)18(21)23/h3-10,12,17,22H,11H2,1-2H3,(H2,21,23)/t17-/m0/s1. The minimum absolute atomic E-state index is 0.0412. The second kappa shape index (κ2) is 9.18. The van der Waals surface area contributed by atoms with E-state index in [9.17, 15) is 18.0 Å². The number of amides is 1. The largest absolute Gasteiger partial charge is 0.460 e. The highest BCUT2D eigenvalue weighted by Crippen LogP contribution is 2.17. The zero-order chi connectivity index (χ0) is 20.9. The highest BCUT2D eigenvalue weighted by molar-refractivity contribution is 7.89. The number of carbonyl (C=O) groups excluding carboxylic acids is 2. The minimum atomic E-state index is -3.96. The lowest BCUT2D eigenvalue weighted by molar-refractivity contribution is -0.148. The summed E-state index contributed by atoms with van der Waals surface area (Å²) >= 11 is 5.85. The van der Waals surface area contributed by atoms with Crippen molar-refractivity contribution in [3.05, 3.63) is 64.7 Å². The maximum absolute atomic E-state index is 12.6. The van der Waals surface area contributed by atoms with E-state index in [1.54, 1.807) is 32.0 Å². The third kappa shape index (κ3) is 5.79.